The van der Waals surface area contributed by atoms with Crippen LogP contribution in [0.4, 0.5) is 5.69 Å². The maximum Gasteiger partial charge on any atom is 0.255 e. The normalized spacial score (nSPS) is 10.2. The zero-order valence-corrected chi connectivity index (χ0v) is 12.2. The third-order valence-corrected chi connectivity index (χ3v) is 3.71. The van der Waals surface area contributed by atoms with Crippen molar-refractivity contribution in [1.82, 2.24) is 0 Å². The van der Waals surface area contributed by atoms with Gasteiger partial charge in [0.2, 0.25) is 0 Å². The maximum absolute atomic E-state index is 12.0. The van der Waals surface area contributed by atoms with Crippen molar-refractivity contribution in [2.24, 2.45) is 0 Å². The van der Waals surface area contributed by atoms with Crippen molar-refractivity contribution in [3.05, 3.63) is 62.5 Å². The van der Waals surface area contributed by atoms with Crippen LogP contribution in [-0.2, 0) is 0 Å². The number of nitrogens with one attached hydrogen (secondary N) is 1. The van der Waals surface area contributed by atoms with E-state index in [9.17, 15) is 4.79 Å². The van der Waals surface area contributed by atoms with E-state index < -0.39 is 0 Å². The predicted octanol–water partition coefficient (Wildman–Crippen LogP) is 5.01. The minimum atomic E-state index is -0.213. The van der Waals surface area contributed by atoms with Crippen LogP contribution in [0.3, 0.4) is 0 Å². The minimum Gasteiger partial charge on any atom is -0.322 e. The Labute approximate surface area is 123 Å². The molecule has 2 rings (SSSR count). The molecule has 0 aliphatic carbocycles. The van der Waals surface area contributed by atoms with Crippen molar-refractivity contribution < 1.29 is 4.79 Å². The van der Waals surface area contributed by atoms with Gasteiger partial charge in [-0.3, -0.25) is 4.79 Å². The van der Waals surface area contributed by atoms with E-state index in [2.05, 4.69) is 21.2 Å². The molecule has 0 aliphatic heterocycles. The lowest BCUT2D eigenvalue weighted by Gasteiger charge is -2.06. The molecule has 5 heteroatoms. The summed E-state index contributed by atoms with van der Waals surface area (Å²) in [5.41, 5.74) is 1.17. The van der Waals surface area contributed by atoms with Gasteiger partial charge in [0.05, 0.1) is 5.02 Å². The molecule has 92 valence electrons. The lowest BCUT2D eigenvalue weighted by Crippen LogP contribution is -2.11. The second kappa shape index (κ2) is 5.74. The summed E-state index contributed by atoms with van der Waals surface area (Å²) >= 11 is 15.0. The van der Waals surface area contributed by atoms with Crippen LogP contribution in [0.1, 0.15) is 10.4 Å². The monoisotopic (exact) mass is 343 g/mol. The first-order valence-corrected chi connectivity index (χ1v) is 6.63. The molecule has 0 atom stereocenters. The summed E-state index contributed by atoms with van der Waals surface area (Å²) in [5.74, 6) is -0.213. The van der Waals surface area contributed by atoms with Gasteiger partial charge in [-0.15, -0.1) is 0 Å². The number of anilines is 1. The molecule has 1 N–H and O–H groups in total. The van der Waals surface area contributed by atoms with E-state index in [4.69, 9.17) is 23.2 Å². The predicted molar refractivity (Wildman–Crippen MR) is 78.6 cm³/mol. The summed E-state index contributed by atoms with van der Waals surface area (Å²) in [7, 11) is 0. The molecule has 18 heavy (non-hydrogen) atoms. The fraction of sp³-hybridized carbons (Fsp3) is 0. The SMILES string of the molecule is O=C(Nc1cccc(Cl)c1)c1ccc(Cl)c(Br)c1. The Balaban J connectivity index is 2.19. The highest BCUT2D eigenvalue weighted by Crippen LogP contribution is 2.24. The summed E-state index contributed by atoms with van der Waals surface area (Å²) in [6.45, 7) is 0. The number of carbonyl (C=O) groups excluding carboxylic acids is 1. The van der Waals surface area contributed by atoms with Crippen LogP contribution in [0, 0.1) is 0 Å². The number of benzene rings is 2. The molecule has 0 bridgehead atoms. The molecule has 1 amide bonds. The van der Waals surface area contributed by atoms with Gasteiger partial charge in [0.25, 0.3) is 5.91 Å². The highest BCUT2D eigenvalue weighted by atomic mass is 79.9. The molecule has 0 unspecified atom stereocenters. The summed E-state index contributed by atoms with van der Waals surface area (Å²) in [6.07, 6.45) is 0. The Hall–Kier alpha value is -1.03. The summed E-state index contributed by atoms with van der Waals surface area (Å²) in [5, 5.41) is 3.90. The van der Waals surface area contributed by atoms with Crippen molar-refractivity contribution in [3.8, 4) is 0 Å². The Morgan fingerprint density at radius 2 is 1.89 bits per heavy atom. The standard InChI is InChI=1S/C13H8BrCl2NO/c14-11-6-8(4-5-12(11)16)13(18)17-10-3-1-2-9(15)7-10/h1-7H,(H,17,18). The fourth-order valence-electron chi connectivity index (χ4n) is 1.41. The quantitative estimate of drug-likeness (QED) is 0.815. The molecular weight excluding hydrogens is 337 g/mol. The first-order valence-electron chi connectivity index (χ1n) is 5.08. The van der Waals surface area contributed by atoms with Gasteiger partial charge < -0.3 is 5.32 Å². The number of amides is 1. The van der Waals surface area contributed by atoms with Crippen LogP contribution in [-0.4, -0.2) is 5.91 Å². The summed E-state index contributed by atoms with van der Waals surface area (Å²) < 4.78 is 0.683. The number of rotatable bonds is 2. The van der Waals surface area contributed by atoms with E-state index >= 15 is 0 Å². The van der Waals surface area contributed by atoms with Crippen LogP contribution < -0.4 is 5.32 Å². The van der Waals surface area contributed by atoms with Crippen LogP contribution in [0.25, 0.3) is 0 Å². The molecule has 0 fully saturated rings. The van der Waals surface area contributed by atoms with E-state index in [1.807, 2.05) is 0 Å². The van der Waals surface area contributed by atoms with Gasteiger partial charge in [-0.2, -0.15) is 0 Å². The Morgan fingerprint density at radius 3 is 2.56 bits per heavy atom. The Kier molecular flexibility index (Phi) is 4.27. The molecule has 0 heterocycles. The zero-order valence-electron chi connectivity index (χ0n) is 9.08. The van der Waals surface area contributed by atoms with Gasteiger partial charge in [-0.05, 0) is 52.3 Å². The van der Waals surface area contributed by atoms with Crippen LogP contribution in [0.15, 0.2) is 46.9 Å². The highest BCUT2D eigenvalue weighted by molar-refractivity contribution is 9.10. The van der Waals surface area contributed by atoms with Gasteiger partial charge in [-0.25, -0.2) is 0 Å². The van der Waals surface area contributed by atoms with E-state index in [1.54, 1.807) is 42.5 Å². The minimum absolute atomic E-state index is 0.213. The van der Waals surface area contributed by atoms with Gasteiger partial charge in [0.1, 0.15) is 0 Å². The van der Waals surface area contributed by atoms with Crippen LogP contribution >= 0.6 is 39.1 Å². The van der Waals surface area contributed by atoms with E-state index in [1.165, 1.54) is 0 Å². The molecule has 2 aromatic rings. The van der Waals surface area contributed by atoms with Gasteiger partial charge in [0.15, 0.2) is 0 Å². The largest absolute Gasteiger partial charge is 0.322 e. The number of hydrogen-bond donors (Lipinski definition) is 1. The van der Waals surface area contributed by atoms with Crippen molar-refractivity contribution in [2.75, 3.05) is 5.32 Å². The van der Waals surface area contributed by atoms with Crippen molar-refractivity contribution in [3.63, 3.8) is 0 Å². The third-order valence-electron chi connectivity index (χ3n) is 2.26. The molecule has 0 aromatic heterocycles. The molecule has 0 saturated carbocycles. The summed E-state index contributed by atoms with van der Waals surface area (Å²) in [6, 6.07) is 12.0. The smallest absolute Gasteiger partial charge is 0.255 e. The molecule has 0 aliphatic rings. The second-order valence-electron chi connectivity index (χ2n) is 3.59. The number of hydrogen-bond acceptors (Lipinski definition) is 1. The Morgan fingerprint density at radius 1 is 1.11 bits per heavy atom. The second-order valence-corrected chi connectivity index (χ2v) is 5.29. The number of carbonyl (C=O) groups is 1. The maximum atomic E-state index is 12.0. The number of halogens is 3. The molecular formula is C13H8BrCl2NO. The van der Waals surface area contributed by atoms with E-state index in [0.717, 1.165) is 0 Å². The molecule has 2 aromatic carbocycles. The highest BCUT2D eigenvalue weighted by Gasteiger charge is 2.08. The van der Waals surface area contributed by atoms with Gasteiger partial charge in [0, 0.05) is 20.7 Å². The van der Waals surface area contributed by atoms with Gasteiger partial charge in [-0.1, -0.05) is 29.3 Å². The van der Waals surface area contributed by atoms with E-state index in [-0.39, 0.29) is 5.91 Å². The lowest BCUT2D eigenvalue weighted by molar-refractivity contribution is 0.102. The van der Waals surface area contributed by atoms with E-state index in [0.29, 0.717) is 25.8 Å². The molecule has 0 radical (unpaired) electrons. The molecule has 2 nitrogen and oxygen atoms in total. The fourth-order valence-corrected chi connectivity index (χ4v) is 2.09. The molecule has 0 spiro atoms. The lowest BCUT2D eigenvalue weighted by atomic mass is 10.2. The first kappa shape index (κ1) is 13.4. The topological polar surface area (TPSA) is 29.1 Å². The summed E-state index contributed by atoms with van der Waals surface area (Å²) in [4.78, 5) is 12.0. The average Bonchev–Trinajstić information content (AvgIpc) is 2.32. The van der Waals surface area contributed by atoms with Crippen molar-refractivity contribution in [1.29, 1.82) is 0 Å². The van der Waals surface area contributed by atoms with Gasteiger partial charge >= 0.3 is 0 Å². The van der Waals surface area contributed by atoms with Crippen LogP contribution in [0.2, 0.25) is 10.0 Å². The average molecular weight is 345 g/mol. The third kappa shape index (κ3) is 3.25. The molecule has 0 saturated heterocycles. The van der Waals surface area contributed by atoms with Crippen LogP contribution in [0.5, 0.6) is 0 Å². The Bertz CT molecular complexity index is 601. The van der Waals surface area contributed by atoms with Crippen molar-refractivity contribution >= 4 is 50.7 Å². The zero-order chi connectivity index (χ0) is 13.1. The van der Waals surface area contributed by atoms with Crippen molar-refractivity contribution in [2.45, 2.75) is 0 Å². The first-order chi connectivity index (χ1) is 8.56.